The number of amides is 1. The number of aromatic nitrogens is 2. The molecule has 1 saturated carbocycles. The van der Waals surface area contributed by atoms with Crippen molar-refractivity contribution < 1.29 is 4.79 Å². The van der Waals surface area contributed by atoms with E-state index in [1.165, 1.54) is 5.56 Å². The molecule has 0 spiro atoms. The van der Waals surface area contributed by atoms with Gasteiger partial charge in [0.15, 0.2) is 0 Å². The molecule has 1 aromatic heterocycles. The van der Waals surface area contributed by atoms with Gasteiger partial charge >= 0.3 is 0 Å². The third-order valence-corrected chi connectivity index (χ3v) is 4.04. The number of aryl methyl sites for hydroxylation is 2. The van der Waals surface area contributed by atoms with E-state index in [2.05, 4.69) is 27.8 Å². The first kappa shape index (κ1) is 14.5. The zero-order chi connectivity index (χ0) is 15.5. The monoisotopic (exact) mass is 296 g/mol. The van der Waals surface area contributed by atoms with E-state index in [0.717, 1.165) is 24.2 Å². The number of carbonyl (C=O) groups excluding carboxylic acids is 1. The number of hydrazone groups is 1. The molecule has 0 saturated heterocycles. The molecule has 0 aliphatic heterocycles. The molecule has 0 unspecified atom stereocenters. The predicted molar refractivity (Wildman–Crippen MR) is 85.7 cm³/mol. The van der Waals surface area contributed by atoms with Crippen LogP contribution in [-0.4, -0.2) is 21.9 Å². The lowest BCUT2D eigenvalue weighted by Gasteiger charge is -1.99. The van der Waals surface area contributed by atoms with E-state index in [9.17, 15) is 4.79 Å². The summed E-state index contributed by atoms with van der Waals surface area (Å²) in [6, 6.07) is 10.2. The second-order valence-corrected chi connectivity index (χ2v) is 5.62. The van der Waals surface area contributed by atoms with Crippen LogP contribution in [0.3, 0.4) is 0 Å². The van der Waals surface area contributed by atoms with Crippen molar-refractivity contribution >= 4 is 12.1 Å². The first-order valence-electron chi connectivity index (χ1n) is 7.61. The van der Waals surface area contributed by atoms with Gasteiger partial charge in [-0.05, 0) is 31.7 Å². The number of rotatable bonds is 5. The van der Waals surface area contributed by atoms with E-state index in [1.807, 2.05) is 42.9 Å². The standard InChI is InChI=1S/C17H20N4O/c1-3-21-11-14(12(2)20-21)10-18-19-17(22)16-9-15(16)13-7-5-4-6-8-13/h4-8,10-11,15-16H,3,9H2,1-2H3,(H,19,22)/b18-10-/t15-,16-/m1/s1. The Morgan fingerprint density at radius 1 is 1.45 bits per heavy atom. The van der Waals surface area contributed by atoms with Gasteiger partial charge in [-0.2, -0.15) is 10.2 Å². The molecule has 3 rings (SSSR count). The van der Waals surface area contributed by atoms with E-state index < -0.39 is 0 Å². The van der Waals surface area contributed by atoms with Crippen LogP contribution in [0.2, 0.25) is 0 Å². The summed E-state index contributed by atoms with van der Waals surface area (Å²) in [5.74, 6) is 0.366. The number of carbonyl (C=O) groups is 1. The van der Waals surface area contributed by atoms with Crippen molar-refractivity contribution in [3.05, 3.63) is 53.3 Å². The lowest BCUT2D eigenvalue weighted by Crippen LogP contribution is -2.20. The average molecular weight is 296 g/mol. The summed E-state index contributed by atoms with van der Waals surface area (Å²) in [5.41, 5.74) is 5.71. The molecule has 1 heterocycles. The van der Waals surface area contributed by atoms with E-state index in [-0.39, 0.29) is 11.8 Å². The van der Waals surface area contributed by atoms with Crippen LogP contribution in [0, 0.1) is 12.8 Å². The van der Waals surface area contributed by atoms with Crippen LogP contribution >= 0.6 is 0 Å². The highest BCUT2D eigenvalue weighted by atomic mass is 16.2. The quantitative estimate of drug-likeness (QED) is 0.680. The number of hydrogen-bond acceptors (Lipinski definition) is 3. The fourth-order valence-corrected chi connectivity index (χ4v) is 2.62. The summed E-state index contributed by atoms with van der Waals surface area (Å²) in [6.45, 7) is 4.79. The Morgan fingerprint density at radius 3 is 2.91 bits per heavy atom. The van der Waals surface area contributed by atoms with Gasteiger partial charge in [0.2, 0.25) is 5.91 Å². The molecule has 1 N–H and O–H groups in total. The minimum atomic E-state index is -0.00867. The van der Waals surface area contributed by atoms with Gasteiger partial charge in [0.25, 0.3) is 0 Å². The van der Waals surface area contributed by atoms with Crippen molar-refractivity contribution in [2.75, 3.05) is 0 Å². The van der Waals surface area contributed by atoms with Crippen molar-refractivity contribution in [1.29, 1.82) is 0 Å². The maximum Gasteiger partial charge on any atom is 0.243 e. The largest absolute Gasteiger partial charge is 0.273 e. The van der Waals surface area contributed by atoms with Gasteiger partial charge in [-0.3, -0.25) is 9.48 Å². The average Bonchev–Trinajstić information content (AvgIpc) is 3.27. The van der Waals surface area contributed by atoms with Crippen LogP contribution < -0.4 is 5.43 Å². The molecule has 22 heavy (non-hydrogen) atoms. The Kier molecular flexibility index (Phi) is 4.04. The number of benzene rings is 1. The normalized spacial score (nSPS) is 20.3. The van der Waals surface area contributed by atoms with Crippen molar-refractivity contribution in [2.24, 2.45) is 11.0 Å². The Morgan fingerprint density at radius 2 is 2.23 bits per heavy atom. The molecule has 0 radical (unpaired) electrons. The molecule has 1 fully saturated rings. The van der Waals surface area contributed by atoms with E-state index in [0.29, 0.717) is 5.92 Å². The fraction of sp³-hybridized carbons (Fsp3) is 0.353. The molecule has 0 bridgehead atoms. The fourth-order valence-electron chi connectivity index (χ4n) is 2.62. The lowest BCUT2D eigenvalue weighted by atomic mass is 10.1. The summed E-state index contributed by atoms with van der Waals surface area (Å²) in [6.07, 6.45) is 4.49. The number of hydrogen-bond donors (Lipinski definition) is 1. The molecule has 114 valence electrons. The summed E-state index contributed by atoms with van der Waals surface area (Å²) in [4.78, 5) is 12.1. The van der Waals surface area contributed by atoms with Crippen molar-refractivity contribution in [1.82, 2.24) is 15.2 Å². The van der Waals surface area contributed by atoms with Crippen LogP contribution in [0.15, 0.2) is 41.6 Å². The molecule has 1 amide bonds. The molecule has 1 aliphatic carbocycles. The third-order valence-electron chi connectivity index (χ3n) is 4.04. The highest BCUT2D eigenvalue weighted by Gasteiger charge is 2.43. The molecule has 5 heteroatoms. The van der Waals surface area contributed by atoms with Crippen molar-refractivity contribution in [2.45, 2.75) is 32.7 Å². The van der Waals surface area contributed by atoms with Gasteiger partial charge in [0.05, 0.1) is 11.9 Å². The zero-order valence-corrected chi connectivity index (χ0v) is 12.9. The topological polar surface area (TPSA) is 59.3 Å². The van der Waals surface area contributed by atoms with Gasteiger partial charge in [-0.25, -0.2) is 5.43 Å². The van der Waals surface area contributed by atoms with Gasteiger partial charge in [0, 0.05) is 24.2 Å². The van der Waals surface area contributed by atoms with Crippen LogP contribution in [0.4, 0.5) is 0 Å². The molecular formula is C17H20N4O. The van der Waals surface area contributed by atoms with Crippen LogP contribution in [0.5, 0.6) is 0 Å². The molecular weight excluding hydrogens is 276 g/mol. The Bertz CT molecular complexity index is 690. The summed E-state index contributed by atoms with van der Waals surface area (Å²) in [5, 5.41) is 8.40. The lowest BCUT2D eigenvalue weighted by molar-refractivity contribution is -0.122. The van der Waals surface area contributed by atoms with Crippen molar-refractivity contribution in [3.8, 4) is 0 Å². The SMILES string of the molecule is CCn1cc(/C=N\NC(=O)[C@@H]2C[C@@H]2c2ccccc2)c(C)n1. The second kappa shape index (κ2) is 6.13. The smallest absolute Gasteiger partial charge is 0.243 e. The molecule has 1 aromatic carbocycles. The van der Waals surface area contributed by atoms with Crippen LogP contribution in [0.1, 0.15) is 36.1 Å². The van der Waals surface area contributed by atoms with Crippen molar-refractivity contribution in [3.63, 3.8) is 0 Å². The summed E-state index contributed by atoms with van der Waals surface area (Å²) < 4.78 is 1.85. The van der Waals surface area contributed by atoms with Gasteiger partial charge < -0.3 is 0 Å². The molecule has 2 aromatic rings. The van der Waals surface area contributed by atoms with Crippen LogP contribution in [-0.2, 0) is 11.3 Å². The van der Waals surface area contributed by atoms with Gasteiger partial charge in [-0.1, -0.05) is 30.3 Å². The maximum atomic E-state index is 12.1. The Labute approximate surface area is 130 Å². The summed E-state index contributed by atoms with van der Waals surface area (Å²) >= 11 is 0. The highest BCUT2D eigenvalue weighted by Crippen LogP contribution is 2.47. The third kappa shape index (κ3) is 3.08. The molecule has 2 atom stereocenters. The minimum Gasteiger partial charge on any atom is -0.273 e. The molecule has 1 aliphatic rings. The summed E-state index contributed by atoms with van der Waals surface area (Å²) in [7, 11) is 0. The highest BCUT2D eigenvalue weighted by molar-refractivity contribution is 5.85. The Balaban J connectivity index is 1.55. The van der Waals surface area contributed by atoms with Gasteiger partial charge in [-0.15, -0.1) is 0 Å². The number of nitrogens with zero attached hydrogens (tertiary/aromatic N) is 3. The van der Waals surface area contributed by atoms with Gasteiger partial charge in [0.1, 0.15) is 0 Å². The zero-order valence-electron chi connectivity index (χ0n) is 12.9. The van der Waals surface area contributed by atoms with E-state index in [1.54, 1.807) is 6.21 Å². The van der Waals surface area contributed by atoms with Crippen LogP contribution in [0.25, 0.3) is 0 Å². The first-order valence-corrected chi connectivity index (χ1v) is 7.61. The first-order chi connectivity index (χ1) is 10.7. The predicted octanol–water partition coefficient (Wildman–Crippen LogP) is 2.47. The van der Waals surface area contributed by atoms with E-state index >= 15 is 0 Å². The maximum absolute atomic E-state index is 12.1. The molecule has 5 nitrogen and oxygen atoms in total. The number of nitrogens with one attached hydrogen (secondary N) is 1. The second-order valence-electron chi connectivity index (χ2n) is 5.62. The minimum absolute atomic E-state index is 0.00867. The van der Waals surface area contributed by atoms with E-state index in [4.69, 9.17) is 0 Å². The Hall–Kier alpha value is -2.43.